The lowest BCUT2D eigenvalue weighted by Crippen LogP contribution is -2.41. The third-order valence-corrected chi connectivity index (χ3v) is 3.90. The molecule has 0 saturated carbocycles. The molecular formula is C14H23N5O2. The van der Waals surface area contributed by atoms with E-state index >= 15 is 0 Å². The lowest BCUT2D eigenvalue weighted by Gasteiger charge is -2.23. The van der Waals surface area contributed by atoms with Gasteiger partial charge >= 0.3 is 0 Å². The van der Waals surface area contributed by atoms with Crippen LogP contribution in [-0.4, -0.2) is 64.4 Å². The Morgan fingerprint density at radius 2 is 2.14 bits per heavy atom. The van der Waals surface area contributed by atoms with Crippen molar-refractivity contribution < 1.29 is 9.59 Å². The summed E-state index contributed by atoms with van der Waals surface area (Å²) in [4.78, 5) is 31.9. The van der Waals surface area contributed by atoms with Crippen molar-refractivity contribution >= 4 is 11.8 Å². The maximum absolute atomic E-state index is 12.5. The maximum atomic E-state index is 12.5. The van der Waals surface area contributed by atoms with Gasteiger partial charge in [-0.1, -0.05) is 6.92 Å². The number of hydrogen-bond donors (Lipinski definition) is 1. The van der Waals surface area contributed by atoms with E-state index in [2.05, 4.69) is 4.98 Å². The minimum Gasteiger partial charge on any atom is -0.369 e. The molecule has 0 aliphatic carbocycles. The summed E-state index contributed by atoms with van der Waals surface area (Å²) < 4.78 is 1.86. The molecule has 0 radical (unpaired) electrons. The van der Waals surface area contributed by atoms with Crippen LogP contribution < -0.4 is 5.73 Å². The third-order valence-electron chi connectivity index (χ3n) is 3.90. The van der Waals surface area contributed by atoms with Gasteiger partial charge in [0.15, 0.2) is 0 Å². The van der Waals surface area contributed by atoms with E-state index in [-0.39, 0.29) is 24.3 Å². The van der Waals surface area contributed by atoms with Gasteiger partial charge in [0.05, 0.1) is 5.92 Å². The van der Waals surface area contributed by atoms with E-state index in [4.69, 9.17) is 5.73 Å². The largest absolute Gasteiger partial charge is 0.369 e. The SMILES string of the molecule is CCc1nccn1CC(=O)N1CCN(C)C[C@H](C(N)=O)C1. The number of aromatic nitrogens is 2. The van der Waals surface area contributed by atoms with Gasteiger partial charge in [-0.15, -0.1) is 0 Å². The minimum atomic E-state index is -0.349. The van der Waals surface area contributed by atoms with E-state index in [0.717, 1.165) is 18.8 Å². The van der Waals surface area contributed by atoms with Crippen LogP contribution in [0.25, 0.3) is 0 Å². The van der Waals surface area contributed by atoms with Crippen molar-refractivity contribution in [3.8, 4) is 0 Å². The Labute approximate surface area is 124 Å². The molecule has 1 atom stereocenters. The number of nitrogens with zero attached hydrogens (tertiary/aromatic N) is 4. The number of likely N-dealkylation sites (N-methyl/N-ethyl adjacent to an activating group) is 1. The van der Waals surface area contributed by atoms with E-state index < -0.39 is 0 Å². The zero-order valence-electron chi connectivity index (χ0n) is 12.7. The van der Waals surface area contributed by atoms with Crippen LogP contribution in [0.5, 0.6) is 0 Å². The fraction of sp³-hybridized carbons (Fsp3) is 0.643. The van der Waals surface area contributed by atoms with Gasteiger partial charge < -0.3 is 20.1 Å². The normalized spacial score (nSPS) is 20.3. The van der Waals surface area contributed by atoms with Crippen LogP contribution in [0.4, 0.5) is 0 Å². The molecule has 0 spiro atoms. The first-order valence-corrected chi connectivity index (χ1v) is 7.27. The van der Waals surface area contributed by atoms with Gasteiger partial charge in [0.2, 0.25) is 11.8 Å². The molecule has 2 rings (SSSR count). The number of amides is 2. The van der Waals surface area contributed by atoms with E-state index in [1.165, 1.54) is 0 Å². The fourth-order valence-electron chi connectivity index (χ4n) is 2.62. The summed E-state index contributed by atoms with van der Waals surface area (Å²) in [5.41, 5.74) is 5.42. The average molecular weight is 293 g/mol. The topological polar surface area (TPSA) is 84.5 Å². The summed E-state index contributed by atoms with van der Waals surface area (Å²) in [6, 6.07) is 0. The second-order valence-electron chi connectivity index (χ2n) is 5.53. The molecule has 0 bridgehead atoms. The summed E-state index contributed by atoms with van der Waals surface area (Å²) in [5, 5.41) is 0. The van der Waals surface area contributed by atoms with Crippen molar-refractivity contribution in [3.63, 3.8) is 0 Å². The van der Waals surface area contributed by atoms with Crippen LogP contribution in [0.1, 0.15) is 12.7 Å². The molecule has 1 aromatic rings. The van der Waals surface area contributed by atoms with E-state index in [0.29, 0.717) is 19.6 Å². The maximum Gasteiger partial charge on any atom is 0.242 e. The van der Waals surface area contributed by atoms with Crippen LogP contribution in [0.3, 0.4) is 0 Å². The van der Waals surface area contributed by atoms with E-state index in [1.807, 2.05) is 29.6 Å². The molecule has 116 valence electrons. The van der Waals surface area contributed by atoms with Gasteiger partial charge in [-0.05, 0) is 7.05 Å². The number of hydrogen-bond acceptors (Lipinski definition) is 4. The van der Waals surface area contributed by atoms with Crippen molar-refractivity contribution in [3.05, 3.63) is 18.2 Å². The first-order valence-electron chi connectivity index (χ1n) is 7.27. The Morgan fingerprint density at radius 3 is 2.81 bits per heavy atom. The van der Waals surface area contributed by atoms with E-state index in [1.54, 1.807) is 11.1 Å². The van der Waals surface area contributed by atoms with Crippen molar-refractivity contribution in [1.82, 2.24) is 19.4 Å². The highest BCUT2D eigenvalue weighted by Gasteiger charge is 2.27. The van der Waals surface area contributed by atoms with Crippen molar-refractivity contribution in [2.75, 3.05) is 33.2 Å². The zero-order chi connectivity index (χ0) is 15.4. The zero-order valence-corrected chi connectivity index (χ0v) is 12.7. The predicted octanol–water partition coefficient (Wildman–Crippen LogP) is -0.679. The molecule has 1 aromatic heterocycles. The fourth-order valence-corrected chi connectivity index (χ4v) is 2.62. The molecule has 2 amide bonds. The van der Waals surface area contributed by atoms with Crippen LogP contribution in [0, 0.1) is 5.92 Å². The molecule has 0 aromatic carbocycles. The van der Waals surface area contributed by atoms with Crippen molar-refractivity contribution in [2.45, 2.75) is 19.9 Å². The molecule has 1 saturated heterocycles. The number of primary amides is 1. The summed E-state index contributed by atoms with van der Waals surface area (Å²) in [6.45, 7) is 4.64. The summed E-state index contributed by atoms with van der Waals surface area (Å²) in [6.07, 6.45) is 4.30. The number of carbonyl (C=O) groups excluding carboxylic acids is 2. The van der Waals surface area contributed by atoms with Crippen molar-refractivity contribution in [2.24, 2.45) is 11.7 Å². The molecule has 0 unspecified atom stereocenters. The molecule has 7 heteroatoms. The average Bonchev–Trinajstić information content (AvgIpc) is 2.78. The summed E-state index contributed by atoms with van der Waals surface area (Å²) in [5.74, 6) is 0.235. The van der Waals surface area contributed by atoms with Gasteiger partial charge in [-0.2, -0.15) is 0 Å². The minimum absolute atomic E-state index is 0.00394. The molecular weight excluding hydrogens is 270 g/mol. The Balaban J connectivity index is 2.05. The quantitative estimate of drug-likeness (QED) is 0.797. The highest BCUT2D eigenvalue weighted by atomic mass is 16.2. The van der Waals surface area contributed by atoms with Crippen LogP contribution in [0.15, 0.2) is 12.4 Å². The first kappa shape index (κ1) is 15.5. The number of nitrogens with two attached hydrogens (primary N) is 1. The van der Waals surface area contributed by atoms with Gasteiger partial charge in [0.1, 0.15) is 12.4 Å². The van der Waals surface area contributed by atoms with Crippen LogP contribution in [0.2, 0.25) is 0 Å². The third kappa shape index (κ3) is 3.81. The Morgan fingerprint density at radius 1 is 1.38 bits per heavy atom. The standard InChI is InChI=1S/C14H23N5O2/c1-3-12-16-4-5-18(12)10-13(20)19-7-6-17(2)8-11(9-19)14(15)21/h4-5,11H,3,6-10H2,1-2H3,(H2,15,21)/t11-/m0/s1. The Hall–Kier alpha value is -1.89. The Bertz CT molecular complexity index is 513. The lowest BCUT2D eigenvalue weighted by molar-refractivity contribution is -0.133. The van der Waals surface area contributed by atoms with Crippen molar-refractivity contribution in [1.29, 1.82) is 0 Å². The molecule has 1 aliphatic rings. The van der Waals surface area contributed by atoms with Gasteiger partial charge in [0.25, 0.3) is 0 Å². The molecule has 1 aliphatic heterocycles. The highest BCUT2D eigenvalue weighted by molar-refractivity contribution is 5.80. The van der Waals surface area contributed by atoms with Gasteiger partial charge in [0, 0.05) is 45.0 Å². The second-order valence-corrected chi connectivity index (χ2v) is 5.53. The van der Waals surface area contributed by atoms with Gasteiger partial charge in [-0.25, -0.2) is 4.98 Å². The lowest BCUT2D eigenvalue weighted by atomic mass is 10.1. The molecule has 1 fully saturated rings. The molecule has 2 N–H and O–H groups in total. The predicted molar refractivity (Wildman–Crippen MR) is 78.4 cm³/mol. The molecule has 7 nitrogen and oxygen atoms in total. The number of imidazole rings is 1. The number of carbonyl (C=O) groups is 2. The second kappa shape index (κ2) is 6.71. The summed E-state index contributed by atoms with van der Waals surface area (Å²) in [7, 11) is 1.94. The monoisotopic (exact) mass is 293 g/mol. The first-order chi connectivity index (χ1) is 10.0. The van der Waals surface area contributed by atoms with E-state index in [9.17, 15) is 9.59 Å². The van der Waals surface area contributed by atoms with Crippen LogP contribution >= 0.6 is 0 Å². The van der Waals surface area contributed by atoms with Gasteiger partial charge in [-0.3, -0.25) is 9.59 Å². The molecule has 21 heavy (non-hydrogen) atoms. The summed E-state index contributed by atoms with van der Waals surface area (Å²) >= 11 is 0. The smallest absolute Gasteiger partial charge is 0.242 e. The highest BCUT2D eigenvalue weighted by Crippen LogP contribution is 2.10. The number of rotatable bonds is 4. The molecule has 2 heterocycles. The van der Waals surface area contributed by atoms with Crippen LogP contribution in [-0.2, 0) is 22.6 Å². The number of aryl methyl sites for hydroxylation is 1. The Kier molecular flexibility index (Phi) is 4.95.